The first-order valence-corrected chi connectivity index (χ1v) is 8.09. The highest BCUT2D eigenvalue weighted by Crippen LogP contribution is 2.16. The zero-order chi connectivity index (χ0) is 16.2. The van der Waals surface area contributed by atoms with E-state index in [1.54, 1.807) is 13.3 Å². The number of nitrogens with zero attached hydrogens (tertiary/aromatic N) is 3. The molecule has 3 rings (SSSR count). The van der Waals surface area contributed by atoms with Gasteiger partial charge in [0.2, 0.25) is 5.91 Å². The van der Waals surface area contributed by atoms with E-state index in [1.165, 1.54) is 0 Å². The molecule has 0 bridgehead atoms. The summed E-state index contributed by atoms with van der Waals surface area (Å²) in [4.78, 5) is 14.5. The number of methoxy groups -OCH3 is 1. The van der Waals surface area contributed by atoms with E-state index in [4.69, 9.17) is 16.3 Å². The standard InChI is InChI=1S/C17H20ClN3O2/c1-23-16-11-20(10-15-8-9-19-21(15)12-16)17(22)7-4-13-2-5-14(18)6-3-13/h2-3,5-6,8-9,16H,4,7,10-12H2,1H3/t16-/m1/s1. The fraction of sp³-hybridized carbons (Fsp3) is 0.412. The molecule has 6 heteroatoms. The van der Waals surface area contributed by atoms with Crippen LogP contribution in [0.15, 0.2) is 36.5 Å². The Kier molecular flexibility index (Phi) is 4.98. The van der Waals surface area contributed by atoms with Gasteiger partial charge in [0, 0.05) is 31.3 Å². The van der Waals surface area contributed by atoms with E-state index in [2.05, 4.69) is 5.10 Å². The van der Waals surface area contributed by atoms with Gasteiger partial charge in [-0.3, -0.25) is 9.48 Å². The molecule has 1 aliphatic rings. The number of amides is 1. The van der Waals surface area contributed by atoms with E-state index in [-0.39, 0.29) is 12.0 Å². The minimum absolute atomic E-state index is 0.0318. The van der Waals surface area contributed by atoms with Gasteiger partial charge < -0.3 is 9.64 Å². The molecule has 2 heterocycles. The summed E-state index contributed by atoms with van der Waals surface area (Å²) in [6, 6.07) is 9.59. The van der Waals surface area contributed by atoms with Gasteiger partial charge in [0.25, 0.3) is 0 Å². The molecular weight excluding hydrogens is 314 g/mol. The molecule has 1 aromatic carbocycles. The largest absolute Gasteiger partial charge is 0.378 e. The monoisotopic (exact) mass is 333 g/mol. The van der Waals surface area contributed by atoms with Crippen LogP contribution >= 0.6 is 11.6 Å². The molecule has 0 spiro atoms. The molecule has 122 valence electrons. The quantitative estimate of drug-likeness (QED) is 0.863. The van der Waals surface area contributed by atoms with E-state index >= 15 is 0 Å². The van der Waals surface area contributed by atoms with Crippen LogP contribution in [-0.2, 0) is 29.0 Å². The lowest BCUT2D eigenvalue weighted by atomic mass is 10.1. The smallest absolute Gasteiger partial charge is 0.223 e. The summed E-state index contributed by atoms with van der Waals surface area (Å²) in [6.45, 7) is 1.86. The summed E-state index contributed by atoms with van der Waals surface area (Å²) < 4.78 is 7.40. The van der Waals surface area contributed by atoms with Crippen molar-refractivity contribution in [3.8, 4) is 0 Å². The van der Waals surface area contributed by atoms with Crippen molar-refractivity contribution in [1.29, 1.82) is 0 Å². The number of hydrogen-bond acceptors (Lipinski definition) is 3. The number of aromatic nitrogens is 2. The highest BCUT2D eigenvalue weighted by atomic mass is 35.5. The van der Waals surface area contributed by atoms with Crippen molar-refractivity contribution < 1.29 is 9.53 Å². The van der Waals surface area contributed by atoms with Crippen LogP contribution in [0.3, 0.4) is 0 Å². The van der Waals surface area contributed by atoms with Crippen LogP contribution in [0, 0.1) is 0 Å². The first-order valence-electron chi connectivity index (χ1n) is 7.71. The first-order chi connectivity index (χ1) is 11.2. The van der Waals surface area contributed by atoms with Gasteiger partial charge in [-0.15, -0.1) is 0 Å². The van der Waals surface area contributed by atoms with Gasteiger partial charge in [-0.1, -0.05) is 23.7 Å². The molecule has 0 saturated carbocycles. The second-order valence-corrected chi connectivity index (χ2v) is 6.20. The van der Waals surface area contributed by atoms with Gasteiger partial charge in [0.15, 0.2) is 0 Å². The molecule has 0 radical (unpaired) electrons. The van der Waals surface area contributed by atoms with E-state index in [0.29, 0.717) is 37.5 Å². The van der Waals surface area contributed by atoms with Crippen LogP contribution in [0.5, 0.6) is 0 Å². The van der Waals surface area contributed by atoms with Crippen molar-refractivity contribution in [2.75, 3.05) is 13.7 Å². The van der Waals surface area contributed by atoms with E-state index < -0.39 is 0 Å². The number of carbonyl (C=O) groups excluding carboxylic acids is 1. The SMILES string of the molecule is CO[C@@H]1CN(C(=O)CCc2ccc(Cl)cc2)Cc2ccnn2C1. The van der Waals surface area contributed by atoms with Crippen LogP contribution in [0.2, 0.25) is 5.02 Å². The van der Waals surface area contributed by atoms with Crippen LogP contribution in [-0.4, -0.2) is 40.3 Å². The lowest BCUT2D eigenvalue weighted by molar-refractivity contribution is -0.133. The van der Waals surface area contributed by atoms with Crippen molar-refractivity contribution in [2.24, 2.45) is 0 Å². The highest BCUT2D eigenvalue weighted by molar-refractivity contribution is 6.30. The predicted octanol–water partition coefficient (Wildman–Crippen LogP) is 2.53. The summed E-state index contributed by atoms with van der Waals surface area (Å²) in [5.41, 5.74) is 2.16. The topological polar surface area (TPSA) is 47.4 Å². The number of halogens is 1. The van der Waals surface area contributed by atoms with E-state index in [9.17, 15) is 4.79 Å². The summed E-state index contributed by atoms with van der Waals surface area (Å²) in [5.74, 6) is 0.136. The Balaban J connectivity index is 1.65. The third kappa shape index (κ3) is 3.92. The van der Waals surface area contributed by atoms with Gasteiger partial charge in [-0.2, -0.15) is 5.10 Å². The maximum atomic E-state index is 12.6. The molecule has 23 heavy (non-hydrogen) atoms. The second kappa shape index (κ2) is 7.15. The van der Waals surface area contributed by atoms with Gasteiger partial charge in [-0.25, -0.2) is 0 Å². The Morgan fingerprint density at radius 2 is 2.09 bits per heavy atom. The molecule has 2 aromatic rings. The number of aryl methyl sites for hydroxylation is 1. The zero-order valence-corrected chi connectivity index (χ0v) is 13.9. The lowest BCUT2D eigenvalue weighted by Gasteiger charge is -2.23. The summed E-state index contributed by atoms with van der Waals surface area (Å²) in [7, 11) is 1.68. The van der Waals surface area contributed by atoms with Gasteiger partial charge >= 0.3 is 0 Å². The Labute approximate surface area is 140 Å². The van der Waals surface area contributed by atoms with Crippen molar-refractivity contribution in [3.63, 3.8) is 0 Å². The van der Waals surface area contributed by atoms with Gasteiger partial charge in [-0.05, 0) is 30.2 Å². The number of benzene rings is 1. The average molecular weight is 334 g/mol. The van der Waals surface area contributed by atoms with Crippen LogP contribution in [0.1, 0.15) is 17.7 Å². The van der Waals surface area contributed by atoms with Gasteiger partial charge in [0.1, 0.15) is 0 Å². The maximum Gasteiger partial charge on any atom is 0.223 e. The average Bonchev–Trinajstić information content (AvgIpc) is 2.91. The molecule has 0 aliphatic carbocycles. The summed E-state index contributed by atoms with van der Waals surface area (Å²) in [6.07, 6.45) is 2.93. The maximum absolute atomic E-state index is 12.6. The van der Waals surface area contributed by atoms with Crippen molar-refractivity contribution in [1.82, 2.24) is 14.7 Å². The highest BCUT2D eigenvalue weighted by Gasteiger charge is 2.25. The second-order valence-electron chi connectivity index (χ2n) is 5.76. The Morgan fingerprint density at radius 3 is 2.83 bits per heavy atom. The fourth-order valence-corrected chi connectivity index (χ4v) is 2.94. The zero-order valence-electron chi connectivity index (χ0n) is 13.1. The number of fused-ring (bicyclic) bond motifs is 1. The molecule has 1 aliphatic heterocycles. The Morgan fingerprint density at radius 1 is 1.30 bits per heavy atom. The molecular formula is C17H20ClN3O2. The molecule has 1 aromatic heterocycles. The number of rotatable bonds is 4. The molecule has 0 fully saturated rings. The summed E-state index contributed by atoms with van der Waals surface area (Å²) >= 11 is 5.89. The van der Waals surface area contributed by atoms with E-state index in [1.807, 2.05) is 39.9 Å². The molecule has 5 nitrogen and oxygen atoms in total. The van der Waals surface area contributed by atoms with Crippen molar-refractivity contribution >= 4 is 17.5 Å². The number of ether oxygens (including phenoxy) is 1. The molecule has 1 atom stereocenters. The molecule has 0 N–H and O–H groups in total. The van der Waals surface area contributed by atoms with Crippen LogP contribution in [0.4, 0.5) is 0 Å². The molecule has 0 saturated heterocycles. The first kappa shape index (κ1) is 16.0. The van der Waals surface area contributed by atoms with Gasteiger partial charge in [0.05, 0.1) is 24.9 Å². The number of carbonyl (C=O) groups is 1. The van der Waals surface area contributed by atoms with Crippen LogP contribution < -0.4 is 0 Å². The van der Waals surface area contributed by atoms with Crippen molar-refractivity contribution in [2.45, 2.75) is 32.0 Å². The Bertz CT molecular complexity index is 669. The fourth-order valence-electron chi connectivity index (χ4n) is 2.81. The minimum Gasteiger partial charge on any atom is -0.378 e. The molecule has 0 unspecified atom stereocenters. The minimum atomic E-state index is -0.0318. The normalized spacial score (nSPS) is 17.7. The van der Waals surface area contributed by atoms with Crippen LogP contribution in [0.25, 0.3) is 0 Å². The Hall–Kier alpha value is -1.85. The third-order valence-corrected chi connectivity index (χ3v) is 4.44. The third-order valence-electron chi connectivity index (χ3n) is 4.18. The van der Waals surface area contributed by atoms with E-state index in [0.717, 1.165) is 11.3 Å². The lowest BCUT2D eigenvalue weighted by Crippen LogP contribution is -2.37. The number of hydrogen-bond donors (Lipinski definition) is 0. The van der Waals surface area contributed by atoms with Crippen molar-refractivity contribution in [3.05, 3.63) is 52.8 Å². The predicted molar refractivity (Wildman–Crippen MR) is 88.2 cm³/mol. The summed E-state index contributed by atoms with van der Waals surface area (Å²) in [5, 5.41) is 5.01. The molecule has 1 amide bonds.